The monoisotopic (exact) mass is 506 g/mol. The number of phenols is 1. The van der Waals surface area contributed by atoms with Gasteiger partial charge in [-0.05, 0) is 49.0 Å². The third-order valence-corrected chi connectivity index (χ3v) is 6.96. The van der Waals surface area contributed by atoms with Crippen molar-refractivity contribution in [3.63, 3.8) is 0 Å². The van der Waals surface area contributed by atoms with Crippen molar-refractivity contribution in [1.29, 1.82) is 0 Å². The van der Waals surface area contributed by atoms with E-state index in [1.807, 2.05) is 43.0 Å². The summed E-state index contributed by atoms with van der Waals surface area (Å²) in [5.74, 6) is 1.16. The molecular formula is C25H31ClN2O5S. The number of carbonyl (C=O) groups is 2. The van der Waals surface area contributed by atoms with Gasteiger partial charge in [0.1, 0.15) is 5.75 Å². The molecule has 34 heavy (non-hydrogen) atoms. The molecule has 1 saturated heterocycles. The van der Waals surface area contributed by atoms with Gasteiger partial charge >= 0.3 is 5.97 Å². The number of rotatable bonds is 4. The number of hydrogen-bond acceptors (Lipinski definition) is 7. The maximum Gasteiger partial charge on any atom is 0.338 e. The lowest BCUT2D eigenvalue weighted by molar-refractivity contribution is -0.135. The van der Waals surface area contributed by atoms with E-state index in [2.05, 4.69) is 5.16 Å². The third kappa shape index (κ3) is 7.27. The standard InChI is InChI=1S/C25H31ClN2O5S/c1-2-18-15-21(29)24(26)20-16-19(27-33-17-22(30)28-10-13-34-14-11-28)9-7-5-3-4-6-8-12-32-25(31)23(18)20/h4,6-7,9,15,29H,2-3,5,8,10-14,16-17H2,1H3/b6-4+,9-7+,27-19-. The van der Waals surface area contributed by atoms with Crippen LogP contribution in [0.1, 0.15) is 47.7 Å². The molecule has 9 heteroatoms. The van der Waals surface area contributed by atoms with Gasteiger partial charge in [-0.3, -0.25) is 4.79 Å². The molecule has 0 bridgehead atoms. The first-order chi connectivity index (χ1) is 16.5. The Bertz CT molecular complexity index is 971. The highest BCUT2D eigenvalue weighted by Gasteiger charge is 2.24. The van der Waals surface area contributed by atoms with Crippen molar-refractivity contribution >= 4 is 41.0 Å². The van der Waals surface area contributed by atoms with E-state index in [1.165, 1.54) is 6.07 Å². The average Bonchev–Trinajstić information content (AvgIpc) is 2.85. The topological polar surface area (TPSA) is 88.4 Å². The molecule has 3 rings (SSSR count). The Morgan fingerprint density at radius 3 is 2.74 bits per heavy atom. The average molecular weight is 507 g/mol. The van der Waals surface area contributed by atoms with Crippen LogP contribution in [0.3, 0.4) is 0 Å². The van der Waals surface area contributed by atoms with Crippen LogP contribution in [0.15, 0.2) is 35.5 Å². The number of cyclic esters (lactones) is 1. The Kier molecular flexibility index (Phi) is 10.3. The van der Waals surface area contributed by atoms with Crippen molar-refractivity contribution in [3.8, 4) is 5.75 Å². The van der Waals surface area contributed by atoms with Crippen LogP contribution in [0.5, 0.6) is 5.75 Å². The van der Waals surface area contributed by atoms with Crippen molar-refractivity contribution in [2.45, 2.75) is 39.0 Å². The fraction of sp³-hybridized carbons (Fsp3) is 0.480. The van der Waals surface area contributed by atoms with Gasteiger partial charge in [0, 0.05) is 31.0 Å². The van der Waals surface area contributed by atoms with Gasteiger partial charge in [-0.25, -0.2) is 4.79 Å². The summed E-state index contributed by atoms with van der Waals surface area (Å²) in [7, 11) is 0. The SMILES string of the molecule is CCc1cc(O)c(Cl)c2c1C(=O)OCC/C=C/CC/C=C/C(=N/OCC(=O)N1CCSCC1)C2. The maximum absolute atomic E-state index is 13.0. The number of carbonyl (C=O) groups excluding carboxylic acids is 2. The van der Waals surface area contributed by atoms with E-state index in [1.54, 1.807) is 4.90 Å². The van der Waals surface area contributed by atoms with Crippen molar-refractivity contribution in [3.05, 3.63) is 52.1 Å². The van der Waals surface area contributed by atoms with Crippen LogP contribution >= 0.6 is 23.4 Å². The fourth-order valence-corrected chi connectivity index (χ4v) is 4.89. The summed E-state index contributed by atoms with van der Waals surface area (Å²) in [5.41, 5.74) is 1.91. The highest BCUT2D eigenvalue weighted by atomic mass is 35.5. The Labute approximate surface area is 209 Å². The molecule has 1 aromatic rings. The lowest BCUT2D eigenvalue weighted by Crippen LogP contribution is -2.39. The van der Waals surface area contributed by atoms with Crippen molar-refractivity contribution < 1.29 is 24.3 Å². The predicted octanol–water partition coefficient (Wildman–Crippen LogP) is 4.55. The summed E-state index contributed by atoms with van der Waals surface area (Å²) in [6.45, 7) is 3.41. The van der Waals surface area contributed by atoms with E-state index >= 15 is 0 Å². The molecule has 0 aromatic heterocycles. The number of ether oxygens (including phenoxy) is 1. The molecule has 1 amide bonds. The van der Waals surface area contributed by atoms with Gasteiger partial charge in [0.2, 0.25) is 0 Å². The van der Waals surface area contributed by atoms with E-state index < -0.39 is 5.97 Å². The van der Waals surface area contributed by atoms with Gasteiger partial charge in [-0.2, -0.15) is 11.8 Å². The van der Waals surface area contributed by atoms with Crippen LogP contribution in [-0.4, -0.2) is 65.4 Å². The zero-order chi connectivity index (χ0) is 24.3. The van der Waals surface area contributed by atoms with Gasteiger partial charge in [0.15, 0.2) is 6.61 Å². The Balaban J connectivity index is 1.89. The Morgan fingerprint density at radius 2 is 1.97 bits per heavy atom. The first-order valence-corrected chi connectivity index (χ1v) is 13.1. The molecule has 2 aliphatic heterocycles. The number of esters is 1. The summed E-state index contributed by atoms with van der Waals surface area (Å²) in [4.78, 5) is 32.6. The number of nitrogens with zero attached hydrogens (tertiary/aromatic N) is 2. The number of hydrogen-bond donors (Lipinski definition) is 1. The molecule has 0 saturated carbocycles. The first-order valence-electron chi connectivity index (χ1n) is 11.6. The number of aromatic hydroxyl groups is 1. The number of oxime groups is 1. The third-order valence-electron chi connectivity index (χ3n) is 5.59. The lowest BCUT2D eigenvalue weighted by Gasteiger charge is -2.25. The van der Waals surface area contributed by atoms with Crippen molar-refractivity contribution in [2.75, 3.05) is 37.8 Å². The normalized spacial score (nSPS) is 20.7. The number of halogens is 1. The summed E-state index contributed by atoms with van der Waals surface area (Å²) < 4.78 is 5.49. The highest BCUT2D eigenvalue weighted by Crippen LogP contribution is 2.34. The summed E-state index contributed by atoms with van der Waals surface area (Å²) in [6.07, 6.45) is 10.7. The van der Waals surface area contributed by atoms with Gasteiger partial charge in [-0.15, -0.1) is 0 Å². The van der Waals surface area contributed by atoms with E-state index in [-0.39, 0.29) is 36.3 Å². The minimum atomic E-state index is -0.485. The van der Waals surface area contributed by atoms with E-state index in [9.17, 15) is 14.7 Å². The highest BCUT2D eigenvalue weighted by molar-refractivity contribution is 7.99. The second-order valence-corrected chi connectivity index (χ2v) is 9.58. The van der Waals surface area contributed by atoms with E-state index in [0.717, 1.165) is 24.3 Å². The van der Waals surface area contributed by atoms with Gasteiger partial charge in [0.05, 0.1) is 22.9 Å². The quantitative estimate of drug-likeness (QED) is 0.366. The molecule has 1 N–H and O–H groups in total. The number of fused-ring (bicyclic) bond motifs is 1. The molecule has 2 heterocycles. The number of amides is 1. The van der Waals surface area contributed by atoms with Gasteiger partial charge in [0.25, 0.3) is 5.91 Å². The second-order valence-electron chi connectivity index (χ2n) is 7.98. The minimum absolute atomic E-state index is 0.0825. The number of phenolic OH excluding ortho intramolecular Hbond substituents is 1. The number of thioether (sulfide) groups is 1. The number of aryl methyl sites for hydroxylation is 1. The first kappa shape index (κ1) is 26.2. The van der Waals surface area contributed by atoms with E-state index in [4.69, 9.17) is 21.2 Å². The van der Waals surface area contributed by atoms with Crippen LogP contribution in [-0.2, 0) is 27.2 Å². The van der Waals surface area contributed by atoms with Crippen LogP contribution in [0.25, 0.3) is 0 Å². The molecule has 184 valence electrons. The largest absolute Gasteiger partial charge is 0.506 e. The lowest BCUT2D eigenvalue weighted by atomic mass is 9.94. The van der Waals surface area contributed by atoms with Crippen LogP contribution in [0.4, 0.5) is 0 Å². The molecule has 0 spiro atoms. The summed E-state index contributed by atoms with van der Waals surface area (Å²) in [5, 5.41) is 14.7. The predicted molar refractivity (Wildman–Crippen MR) is 136 cm³/mol. The van der Waals surface area contributed by atoms with Crippen LogP contribution < -0.4 is 0 Å². The number of benzene rings is 1. The Morgan fingerprint density at radius 1 is 1.24 bits per heavy atom. The second kappa shape index (κ2) is 13.4. The van der Waals surface area contributed by atoms with Crippen molar-refractivity contribution in [1.82, 2.24) is 4.90 Å². The summed E-state index contributed by atoms with van der Waals surface area (Å²) in [6, 6.07) is 1.50. The zero-order valence-electron chi connectivity index (χ0n) is 19.4. The molecule has 1 aromatic carbocycles. The number of allylic oxidation sites excluding steroid dienone is 3. The molecule has 2 aliphatic rings. The smallest absolute Gasteiger partial charge is 0.338 e. The van der Waals surface area contributed by atoms with Crippen LogP contribution in [0.2, 0.25) is 5.02 Å². The van der Waals surface area contributed by atoms with Crippen LogP contribution in [0, 0.1) is 0 Å². The van der Waals surface area contributed by atoms with Crippen molar-refractivity contribution in [2.24, 2.45) is 5.16 Å². The summed E-state index contributed by atoms with van der Waals surface area (Å²) >= 11 is 8.29. The van der Waals surface area contributed by atoms with Gasteiger partial charge in [-0.1, -0.05) is 41.9 Å². The fourth-order valence-electron chi connectivity index (χ4n) is 3.77. The molecule has 1 fully saturated rings. The molecule has 0 radical (unpaired) electrons. The molecule has 0 atom stereocenters. The van der Waals surface area contributed by atoms with Gasteiger partial charge < -0.3 is 19.6 Å². The maximum atomic E-state index is 13.0. The molecule has 7 nitrogen and oxygen atoms in total. The molecule has 0 aliphatic carbocycles. The van der Waals surface area contributed by atoms with E-state index in [0.29, 0.717) is 48.3 Å². The zero-order valence-corrected chi connectivity index (χ0v) is 21.0. The Hall–Kier alpha value is -2.45. The molecule has 0 unspecified atom stereocenters. The minimum Gasteiger partial charge on any atom is -0.506 e. The molecular weight excluding hydrogens is 476 g/mol.